The van der Waals surface area contributed by atoms with E-state index in [1.807, 2.05) is 24.3 Å². The Hall–Kier alpha value is -2.04. The topological polar surface area (TPSA) is 58.6 Å². The van der Waals surface area contributed by atoms with Crippen LogP contribution in [0.1, 0.15) is 32.8 Å². The average molecular weight is 306 g/mol. The van der Waals surface area contributed by atoms with Crippen LogP contribution < -0.4 is 10.1 Å². The summed E-state index contributed by atoms with van der Waals surface area (Å²) >= 11 is 0. The van der Waals surface area contributed by atoms with E-state index in [-0.39, 0.29) is 18.4 Å². The van der Waals surface area contributed by atoms with Gasteiger partial charge in [-0.1, -0.05) is 26.0 Å². The van der Waals surface area contributed by atoms with Gasteiger partial charge in [0.1, 0.15) is 5.75 Å². The number of nitrogens with one attached hydrogen (secondary N) is 1. The lowest BCUT2D eigenvalue weighted by atomic mass is 10.1. The van der Waals surface area contributed by atoms with Crippen molar-refractivity contribution in [2.45, 2.75) is 33.7 Å². The molecule has 5 nitrogen and oxygen atoms in total. The summed E-state index contributed by atoms with van der Waals surface area (Å²) in [6, 6.07) is 7.48. The zero-order valence-electron chi connectivity index (χ0n) is 13.9. The second-order valence-electron chi connectivity index (χ2n) is 5.76. The maximum Gasteiger partial charge on any atom is 0.239 e. The molecule has 1 aromatic rings. The second kappa shape index (κ2) is 9.07. The number of rotatable bonds is 8. The molecule has 1 rings (SSSR count). The molecule has 0 fully saturated rings. The number of methoxy groups -OCH3 is 1. The van der Waals surface area contributed by atoms with Crippen molar-refractivity contribution in [2.24, 2.45) is 5.92 Å². The Morgan fingerprint density at radius 3 is 2.36 bits per heavy atom. The number of benzene rings is 1. The van der Waals surface area contributed by atoms with Gasteiger partial charge in [-0.25, -0.2) is 0 Å². The van der Waals surface area contributed by atoms with Gasteiger partial charge in [-0.3, -0.25) is 9.59 Å². The Balaban J connectivity index is 2.54. The standard InChI is InChI=1S/C17H26N2O3/c1-13(2)9-10-18-17(21)12-19(14(3)20)11-15-5-7-16(22-4)8-6-15/h5-8,13H,9-12H2,1-4H3,(H,18,21). The van der Waals surface area contributed by atoms with E-state index >= 15 is 0 Å². The zero-order valence-corrected chi connectivity index (χ0v) is 13.9. The molecule has 0 aliphatic rings. The van der Waals surface area contributed by atoms with E-state index in [9.17, 15) is 9.59 Å². The van der Waals surface area contributed by atoms with E-state index in [1.165, 1.54) is 11.8 Å². The SMILES string of the molecule is COc1ccc(CN(CC(=O)NCCC(C)C)C(C)=O)cc1. The smallest absolute Gasteiger partial charge is 0.239 e. The quantitative estimate of drug-likeness (QED) is 0.801. The first kappa shape index (κ1) is 18.0. The van der Waals surface area contributed by atoms with E-state index in [0.717, 1.165) is 17.7 Å². The number of nitrogens with zero attached hydrogens (tertiary/aromatic N) is 1. The lowest BCUT2D eigenvalue weighted by Crippen LogP contribution is -2.39. The zero-order chi connectivity index (χ0) is 16.5. The summed E-state index contributed by atoms with van der Waals surface area (Å²) in [7, 11) is 1.61. The third-order valence-electron chi connectivity index (χ3n) is 3.36. The Morgan fingerprint density at radius 2 is 1.86 bits per heavy atom. The molecule has 2 amide bonds. The molecule has 0 aliphatic carbocycles. The van der Waals surface area contributed by atoms with Crippen LogP contribution >= 0.6 is 0 Å². The molecule has 0 unspecified atom stereocenters. The van der Waals surface area contributed by atoms with Crippen LogP contribution in [0.3, 0.4) is 0 Å². The maximum absolute atomic E-state index is 11.9. The summed E-state index contributed by atoms with van der Waals surface area (Å²) in [4.78, 5) is 25.1. The van der Waals surface area contributed by atoms with Gasteiger partial charge in [0.25, 0.3) is 0 Å². The molecule has 0 aromatic heterocycles. The van der Waals surface area contributed by atoms with Crippen LogP contribution in [-0.2, 0) is 16.1 Å². The van der Waals surface area contributed by atoms with Crippen LogP contribution in [0.25, 0.3) is 0 Å². The van der Waals surface area contributed by atoms with E-state index in [2.05, 4.69) is 19.2 Å². The van der Waals surface area contributed by atoms with Gasteiger partial charge in [0.2, 0.25) is 11.8 Å². The highest BCUT2D eigenvalue weighted by molar-refractivity contribution is 5.83. The fraction of sp³-hybridized carbons (Fsp3) is 0.529. The minimum absolute atomic E-state index is 0.0828. The van der Waals surface area contributed by atoms with Crippen molar-refractivity contribution in [2.75, 3.05) is 20.2 Å². The van der Waals surface area contributed by atoms with E-state index < -0.39 is 0 Å². The molecule has 0 saturated heterocycles. The molecule has 0 saturated carbocycles. The minimum Gasteiger partial charge on any atom is -0.497 e. The van der Waals surface area contributed by atoms with Crippen molar-refractivity contribution in [3.05, 3.63) is 29.8 Å². The lowest BCUT2D eigenvalue weighted by molar-refractivity contribution is -0.134. The summed E-state index contributed by atoms with van der Waals surface area (Å²) in [6.07, 6.45) is 0.935. The van der Waals surface area contributed by atoms with Gasteiger partial charge in [0, 0.05) is 20.0 Å². The third kappa shape index (κ3) is 6.61. The van der Waals surface area contributed by atoms with Crippen molar-refractivity contribution in [3.63, 3.8) is 0 Å². The van der Waals surface area contributed by atoms with Gasteiger partial charge in [-0.2, -0.15) is 0 Å². The van der Waals surface area contributed by atoms with Gasteiger partial charge in [-0.15, -0.1) is 0 Å². The van der Waals surface area contributed by atoms with Crippen LogP contribution in [0.2, 0.25) is 0 Å². The van der Waals surface area contributed by atoms with Crippen molar-refractivity contribution >= 4 is 11.8 Å². The predicted molar refractivity (Wildman–Crippen MR) is 86.5 cm³/mol. The summed E-state index contributed by atoms with van der Waals surface area (Å²) in [5.74, 6) is 1.08. The van der Waals surface area contributed by atoms with Crippen molar-refractivity contribution in [3.8, 4) is 5.75 Å². The summed E-state index contributed by atoms with van der Waals surface area (Å²) in [5.41, 5.74) is 0.964. The largest absolute Gasteiger partial charge is 0.497 e. The second-order valence-corrected chi connectivity index (χ2v) is 5.76. The molecule has 0 radical (unpaired) electrons. The molecule has 5 heteroatoms. The lowest BCUT2D eigenvalue weighted by Gasteiger charge is -2.21. The highest BCUT2D eigenvalue weighted by Gasteiger charge is 2.14. The van der Waals surface area contributed by atoms with Gasteiger partial charge in [0.05, 0.1) is 13.7 Å². The molecule has 0 bridgehead atoms. The van der Waals surface area contributed by atoms with Crippen LogP contribution in [0.5, 0.6) is 5.75 Å². The number of amides is 2. The summed E-state index contributed by atoms with van der Waals surface area (Å²) < 4.78 is 5.11. The first-order valence-corrected chi connectivity index (χ1v) is 7.57. The monoisotopic (exact) mass is 306 g/mol. The molecule has 122 valence electrons. The number of ether oxygens (including phenoxy) is 1. The third-order valence-corrected chi connectivity index (χ3v) is 3.36. The molecule has 0 atom stereocenters. The molecule has 1 aromatic carbocycles. The molecule has 0 heterocycles. The van der Waals surface area contributed by atoms with E-state index in [0.29, 0.717) is 19.0 Å². The molecule has 1 N–H and O–H groups in total. The van der Waals surface area contributed by atoms with Gasteiger partial charge in [0.15, 0.2) is 0 Å². The Morgan fingerprint density at radius 1 is 1.23 bits per heavy atom. The van der Waals surface area contributed by atoms with Crippen molar-refractivity contribution in [1.29, 1.82) is 0 Å². The molecular formula is C17H26N2O3. The highest BCUT2D eigenvalue weighted by Crippen LogP contribution is 2.13. The molecule has 22 heavy (non-hydrogen) atoms. The van der Waals surface area contributed by atoms with Crippen LogP contribution in [0.4, 0.5) is 0 Å². The summed E-state index contributed by atoms with van der Waals surface area (Å²) in [6.45, 7) is 6.83. The van der Waals surface area contributed by atoms with Gasteiger partial charge < -0.3 is 15.0 Å². The fourth-order valence-corrected chi connectivity index (χ4v) is 1.96. The Labute approximate surface area is 132 Å². The van der Waals surface area contributed by atoms with Gasteiger partial charge in [-0.05, 0) is 30.0 Å². The number of hydrogen-bond donors (Lipinski definition) is 1. The number of hydrogen-bond acceptors (Lipinski definition) is 3. The van der Waals surface area contributed by atoms with Crippen LogP contribution in [-0.4, -0.2) is 36.9 Å². The van der Waals surface area contributed by atoms with Gasteiger partial charge >= 0.3 is 0 Å². The first-order chi connectivity index (χ1) is 10.4. The normalized spacial score (nSPS) is 10.4. The first-order valence-electron chi connectivity index (χ1n) is 7.57. The van der Waals surface area contributed by atoms with E-state index in [4.69, 9.17) is 4.74 Å². The van der Waals surface area contributed by atoms with Crippen LogP contribution in [0, 0.1) is 5.92 Å². The Kier molecular flexibility index (Phi) is 7.43. The highest BCUT2D eigenvalue weighted by atomic mass is 16.5. The van der Waals surface area contributed by atoms with E-state index in [1.54, 1.807) is 7.11 Å². The number of carbonyl (C=O) groups is 2. The van der Waals surface area contributed by atoms with Crippen molar-refractivity contribution in [1.82, 2.24) is 10.2 Å². The minimum atomic E-state index is -0.121. The maximum atomic E-state index is 11.9. The van der Waals surface area contributed by atoms with Crippen molar-refractivity contribution < 1.29 is 14.3 Å². The molecule has 0 aliphatic heterocycles. The van der Waals surface area contributed by atoms with Crippen LogP contribution in [0.15, 0.2) is 24.3 Å². The number of carbonyl (C=O) groups excluding carboxylic acids is 2. The molecule has 0 spiro atoms. The predicted octanol–water partition coefficient (Wildman–Crippen LogP) is 2.21. The Bertz CT molecular complexity index is 483. The fourth-order valence-electron chi connectivity index (χ4n) is 1.96. The molecular weight excluding hydrogens is 280 g/mol. The average Bonchev–Trinajstić information content (AvgIpc) is 2.46. The summed E-state index contributed by atoms with van der Waals surface area (Å²) in [5, 5.41) is 2.85.